The first-order valence-corrected chi connectivity index (χ1v) is 14.0. The Balaban J connectivity index is 0.000000502. The molecular formula is C18H36O3Si2. The zero-order chi connectivity index (χ0) is 18.7. The zero-order valence-electron chi connectivity index (χ0n) is 16.6. The van der Waals surface area contributed by atoms with Crippen LogP contribution in [0.15, 0.2) is 24.3 Å². The molecule has 0 fully saturated rings. The van der Waals surface area contributed by atoms with Crippen LogP contribution >= 0.6 is 0 Å². The van der Waals surface area contributed by atoms with Crippen LogP contribution in [0.2, 0.25) is 36.3 Å². The van der Waals surface area contributed by atoms with Crippen LogP contribution in [0.25, 0.3) is 0 Å². The van der Waals surface area contributed by atoms with Gasteiger partial charge in [-0.1, -0.05) is 41.5 Å². The highest BCUT2D eigenvalue weighted by Gasteiger charge is 2.46. The van der Waals surface area contributed by atoms with E-state index in [9.17, 15) is 0 Å². The van der Waals surface area contributed by atoms with E-state index in [0.29, 0.717) is 10.1 Å². The van der Waals surface area contributed by atoms with E-state index in [1.54, 1.807) is 0 Å². The van der Waals surface area contributed by atoms with Crippen molar-refractivity contribution >= 4 is 16.6 Å². The van der Waals surface area contributed by atoms with Gasteiger partial charge in [0.25, 0.3) is 0 Å². The predicted molar refractivity (Wildman–Crippen MR) is 105 cm³/mol. The maximum atomic E-state index is 8.65. The Morgan fingerprint density at radius 2 is 0.870 bits per heavy atom. The smallest absolute Gasteiger partial charge is 0.178 e. The maximum Gasteiger partial charge on any atom is 0.178 e. The SMILES string of the molecule is CC(C)(C)[Si](C)(C)O[Si](C)(C)C(C)(C)C.Oc1ccc(O)cc1. The number of hydrogen-bond acceptors (Lipinski definition) is 3. The average molecular weight is 357 g/mol. The fourth-order valence-electron chi connectivity index (χ4n) is 1.40. The minimum absolute atomic E-state index is 0.169. The normalized spacial score (nSPS) is 13.3. The summed E-state index contributed by atoms with van der Waals surface area (Å²) in [5, 5.41) is 17.9. The highest BCUT2D eigenvalue weighted by molar-refractivity contribution is 6.87. The number of rotatable bonds is 2. The molecule has 1 rings (SSSR count). The molecule has 0 aromatic heterocycles. The van der Waals surface area contributed by atoms with Crippen molar-refractivity contribution in [2.75, 3.05) is 0 Å². The van der Waals surface area contributed by atoms with E-state index in [1.165, 1.54) is 24.3 Å². The summed E-state index contributed by atoms with van der Waals surface area (Å²) in [7, 11) is -3.18. The Morgan fingerprint density at radius 1 is 0.652 bits per heavy atom. The highest BCUT2D eigenvalue weighted by atomic mass is 28.4. The van der Waals surface area contributed by atoms with Gasteiger partial charge in [-0.05, 0) is 60.5 Å². The standard InChI is InChI=1S/C12H30OSi2.C6H6O2/c1-11(2,3)14(7,8)13-15(9,10)12(4,5)6;7-5-1-2-6(8)4-3-5/h1-10H3;1-4,7-8H. The van der Waals surface area contributed by atoms with Gasteiger partial charge in [-0.25, -0.2) is 0 Å². The third-order valence-electron chi connectivity index (χ3n) is 4.97. The van der Waals surface area contributed by atoms with E-state index in [1.807, 2.05) is 0 Å². The number of hydrogen-bond donors (Lipinski definition) is 2. The molecule has 0 unspecified atom stereocenters. The van der Waals surface area contributed by atoms with Crippen LogP contribution in [0.1, 0.15) is 41.5 Å². The van der Waals surface area contributed by atoms with Crippen molar-refractivity contribution in [1.82, 2.24) is 0 Å². The zero-order valence-corrected chi connectivity index (χ0v) is 18.6. The van der Waals surface area contributed by atoms with Gasteiger partial charge in [0.15, 0.2) is 16.6 Å². The molecule has 0 saturated carbocycles. The van der Waals surface area contributed by atoms with Crippen molar-refractivity contribution in [3.8, 4) is 11.5 Å². The summed E-state index contributed by atoms with van der Waals surface area (Å²) >= 11 is 0. The predicted octanol–water partition coefficient (Wildman–Crippen LogP) is 6.11. The van der Waals surface area contributed by atoms with E-state index in [2.05, 4.69) is 67.7 Å². The summed E-state index contributed by atoms with van der Waals surface area (Å²) in [6.45, 7) is 23.3. The number of phenols is 2. The van der Waals surface area contributed by atoms with Crippen LogP contribution < -0.4 is 0 Å². The molecule has 0 atom stereocenters. The third kappa shape index (κ3) is 7.10. The molecule has 2 N–H and O–H groups in total. The summed E-state index contributed by atoms with van der Waals surface area (Å²) in [6.07, 6.45) is 0. The van der Waals surface area contributed by atoms with Gasteiger partial charge in [-0.15, -0.1) is 0 Å². The topological polar surface area (TPSA) is 49.7 Å². The fourth-order valence-corrected chi connectivity index (χ4v) is 8.95. The minimum Gasteiger partial charge on any atom is -0.508 e. The maximum absolute atomic E-state index is 8.65. The Hall–Kier alpha value is -0.786. The van der Waals surface area contributed by atoms with Crippen LogP contribution in [0.5, 0.6) is 11.5 Å². The van der Waals surface area contributed by atoms with Crippen LogP contribution in [-0.2, 0) is 4.12 Å². The van der Waals surface area contributed by atoms with Crippen molar-refractivity contribution in [2.24, 2.45) is 0 Å². The highest BCUT2D eigenvalue weighted by Crippen LogP contribution is 2.44. The molecule has 5 heteroatoms. The van der Waals surface area contributed by atoms with Crippen molar-refractivity contribution in [3.63, 3.8) is 0 Å². The van der Waals surface area contributed by atoms with E-state index in [-0.39, 0.29) is 11.5 Å². The molecule has 0 aliphatic rings. The van der Waals surface area contributed by atoms with E-state index >= 15 is 0 Å². The molecule has 134 valence electrons. The van der Waals surface area contributed by atoms with Crippen LogP contribution in [0.4, 0.5) is 0 Å². The van der Waals surface area contributed by atoms with Gasteiger partial charge in [0.1, 0.15) is 11.5 Å². The van der Waals surface area contributed by atoms with Gasteiger partial charge in [0.05, 0.1) is 0 Å². The van der Waals surface area contributed by atoms with Gasteiger partial charge in [-0.3, -0.25) is 0 Å². The van der Waals surface area contributed by atoms with Crippen molar-refractivity contribution in [1.29, 1.82) is 0 Å². The quantitative estimate of drug-likeness (QED) is 0.496. The van der Waals surface area contributed by atoms with E-state index < -0.39 is 16.6 Å². The molecule has 0 heterocycles. The van der Waals surface area contributed by atoms with Crippen molar-refractivity contribution < 1.29 is 14.3 Å². The Kier molecular flexibility index (Phi) is 7.15. The number of aromatic hydroxyl groups is 2. The first-order valence-electron chi connectivity index (χ1n) is 8.18. The van der Waals surface area contributed by atoms with Crippen LogP contribution in [0, 0.1) is 0 Å². The monoisotopic (exact) mass is 356 g/mol. The molecule has 23 heavy (non-hydrogen) atoms. The van der Waals surface area contributed by atoms with Crippen molar-refractivity contribution in [2.45, 2.75) is 77.8 Å². The molecular weight excluding hydrogens is 320 g/mol. The lowest BCUT2D eigenvalue weighted by Crippen LogP contribution is -2.53. The fraction of sp³-hybridized carbons (Fsp3) is 0.667. The minimum atomic E-state index is -1.59. The number of benzene rings is 1. The molecule has 1 aromatic carbocycles. The van der Waals surface area contributed by atoms with Crippen LogP contribution in [0.3, 0.4) is 0 Å². The molecule has 0 aliphatic heterocycles. The van der Waals surface area contributed by atoms with Gasteiger partial charge >= 0.3 is 0 Å². The first-order chi connectivity index (χ1) is 9.99. The molecule has 3 nitrogen and oxygen atoms in total. The Bertz CT molecular complexity index is 435. The molecule has 0 saturated heterocycles. The lowest BCUT2D eigenvalue weighted by atomic mass is 10.2. The second-order valence-corrected chi connectivity index (χ2v) is 19.0. The summed E-state index contributed by atoms with van der Waals surface area (Å²) in [4.78, 5) is 0. The molecule has 0 spiro atoms. The summed E-state index contributed by atoms with van der Waals surface area (Å²) in [6, 6.07) is 5.70. The molecule has 0 bridgehead atoms. The number of phenolic OH excluding ortho intramolecular Hbond substituents is 2. The molecule has 0 radical (unpaired) electrons. The summed E-state index contributed by atoms with van der Waals surface area (Å²) in [5.74, 6) is 0.339. The lowest BCUT2D eigenvalue weighted by Gasteiger charge is -2.47. The average Bonchev–Trinajstić information content (AvgIpc) is 2.29. The second-order valence-electron chi connectivity index (χ2n) is 9.14. The van der Waals surface area contributed by atoms with Crippen LogP contribution in [-0.4, -0.2) is 26.8 Å². The second kappa shape index (κ2) is 7.40. The van der Waals surface area contributed by atoms with E-state index in [0.717, 1.165) is 0 Å². The Labute approximate surface area is 145 Å². The molecule has 0 amide bonds. The largest absolute Gasteiger partial charge is 0.508 e. The van der Waals surface area contributed by atoms with Gasteiger partial charge in [-0.2, -0.15) is 0 Å². The lowest BCUT2D eigenvalue weighted by molar-refractivity contribution is 0.449. The summed E-state index contributed by atoms with van der Waals surface area (Å²) in [5.41, 5.74) is 0. The van der Waals surface area contributed by atoms with Gasteiger partial charge in [0, 0.05) is 0 Å². The first kappa shape index (κ1) is 22.2. The van der Waals surface area contributed by atoms with Crippen molar-refractivity contribution in [3.05, 3.63) is 24.3 Å². The Morgan fingerprint density at radius 3 is 1.04 bits per heavy atom. The molecule has 0 aliphatic carbocycles. The molecule has 1 aromatic rings. The summed E-state index contributed by atoms with van der Waals surface area (Å²) < 4.78 is 6.63. The third-order valence-corrected chi connectivity index (χ3v) is 16.3. The van der Waals surface area contributed by atoms with E-state index in [4.69, 9.17) is 14.3 Å². The van der Waals surface area contributed by atoms with Gasteiger partial charge in [0.2, 0.25) is 0 Å². The van der Waals surface area contributed by atoms with Gasteiger partial charge < -0.3 is 14.3 Å².